The Balaban J connectivity index is 1.78. The lowest BCUT2D eigenvalue weighted by Crippen LogP contribution is -2.46. The number of nitrogens with one attached hydrogen (secondary N) is 1. The van der Waals surface area contributed by atoms with E-state index in [0.29, 0.717) is 35.1 Å². The monoisotopic (exact) mass is 462 g/mol. The number of allylic oxidation sites excluding steroid dienone is 1. The van der Waals surface area contributed by atoms with Crippen molar-refractivity contribution in [1.82, 2.24) is 20.4 Å². The molecule has 178 valence electrons. The number of nitrogens with zero attached hydrogens (tertiary/aromatic N) is 3. The summed E-state index contributed by atoms with van der Waals surface area (Å²) in [5.74, 6) is 1.14. The Bertz CT molecular complexity index is 1200. The van der Waals surface area contributed by atoms with Gasteiger partial charge in [-0.1, -0.05) is 60.8 Å². The van der Waals surface area contributed by atoms with Crippen LogP contribution in [0.25, 0.3) is 17.0 Å². The summed E-state index contributed by atoms with van der Waals surface area (Å²) in [6, 6.07) is 12.2. The molecule has 2 N–H and O–H groups in total. The molecule has 2 amide bonds. The first-order valence-corrected chi connectivity index (χ1v) is 11.5. The molecule has 4 rings (SSSR count). The third kappa shape index (κ3) is 4.62. The molecule has 0 spiro atoms. The van der Waals surface area contributed by atoms with E-state index in [-0.39, 0.29) is 11.8 Å². The average molecular weight is 463 g/mol. The quantitative estimate of drug-likeness (QED) is 0.432. The predicted molar refractivity (Wildman–Crippen MR) is 129 cm³/mol. The molecule has 2 aromatic carbocycles. The molecule has 0 fully saturated rings. The highest BCUT2D eigenvalue weighted by Crippen LogP contribution is 2.39. The number of carbonyl (C=O) groups is 1. The van der Waals surface area contributed by atoms with Gasteiger partial charge in [0.05, 0.1) is 18.7 Å². The van der Waals surface area contributed by atoms with Crippen LogP contribution in [-0.4, -0.2) is 39.8 Å². The Labute approximate surface area is 199 Å². The van der Waals surface area contributed by atoms with Crippen molar-refractivity contribution in [2.75, 3.05) is 13.7 Å². The van der Waals surface area contributed by atoms with Crippen LogP contribution < -0.4 is 10.1 Å². The maximum absolute atomic E-state index is 13.1. The summed E-state index contributed by atoms with van der Waals surface area (Å²) in [4.78, 5) is 19.4. The highest BCUT2D eigenvalue weighted by Gasteiger charge is 2.35. The zero-order valence-corrected chi connectivity index (χ0v) is 20.0. The number of aromatic hydroxyl groups is 1. The fourth-order valence-electron chi connectivity index (χ4n) is 4.14. The maximum atomic E-state index is 13.1. The summed E-state index contributed by atoms with van der Waals surface area (Å²) < 4.78 is 10.9. The largest absolute Gasteiger partial charge is 0.504 e. The van der Waals surface area contributed by atoms with E-state index in [1.165, 1.54) is 7.11 Å². The number of phenolic OH excluding ortho intramolecular Hbond substituents is 1. The number of hydrogen-bond acceptors (Lipinski definition) is 6. The number of aromatic nitrogens is 2. The summed E-state index contributed by atoms with van der Waals surface area (Å²) in [5.41, 5.74) is 4.12. The smallest absolute Gasteiger partial charge is 0.322 e. The van der Waals surface area contributed by atoms with Crippen LogP contribution in [0.2, 0.25) is 0 Å². The van der Waals surface area contributed by atoms with Gasteiger partial charge in [0.1, 0.15) is 0 Å². The van der Waals surface area contributed by atoms with Gasteiger partial charge < -0.3 is 19.7 Å². The first kappa shape index (κ1) is 23.4. The van der Waals surface area contributed by atoms with Gasteiger partial charge in [0, 0.05) is 17.8 Å². The number of unbranched alkanes of at least 4 members (excludes halogenated alkanes) is 2. The van der Waals surface area contributed by atoms with E-state index in [9.17, 15) is 9.90 Å². The number of amides is 2. The molecule has 0 aliphatic carbocycles. The van der Waals surface area contributed by atoms with Gasteiger partial charge in [0.25, 0.3) is 5.89 Å². The number of aryl methyl sites for hydroxylation is 1. The first-order chi connectivity index (χ1) is 16.4. The lowest BCUT2D eigenvalue weighted by Gasteiger charge is -2.35. The SMILES string of the molecule is CCCCCN1C(=O)NC(c2ccc(OC)c(O)c2)C(c2nc(-c3ccc(C)cc3)no2)=C1C. The molecule has 1 aliphatic rings. The highest BCUT2D eigenvalue weighted by atomic mass is 16.5. The highest BCUT2D eigenvalue weighted by molar-refractivity contribution is 5.87. The van der Waals surface area contributed by atoms with Crippen LogP contribution in [0.5, 0.6) is 11.5 Å². The first-order valence-electron chi connectivity index (χ1n) is 11.5. The van der Waals surface area contributed by atoms with Crippen LogP contribution in [0.3, 0.4) is 0 Å². The second-order valence-electron chi connectivity index (χ2n) is 8.46. The number of phenols is 1. The number of rotatable bonds is 8. The molecule has 1 atom stereocenters. The van der Waals surface area contributed by atoms with E-state index in [1.807, 2.05) is 38.1 Å². The van der Waals surface area contributed by atoms with Gasteiger partial charge in [0.15, 0.2) is 11.5 Å². The van der Waals surface area contributed by atoms with Gasteiger partial charge in [0.2, 0.25) is 5.82 Å². The molecule has 34 heavy (non-hydrogen) atoms. The van der Waals surface area contributed by atoms with E-state index < -0.39 is 6.04 Å². The minimum absolute atomic E-state index is 0.0116. The Morgan fingerprint density at radius 2 is 1.91 bits per heavy atom. The summed E-state index contributed by atoms with van der Waals surface area (Å²) in [7, 11) is 1.49. The Morgan fingerprint density at radius 1 is 1.15 bits per heavy atom. The summed E-state index contributed by atoms with van der Waals surface area (Å²) in [5, 5.41) is 17.6. The van der Waals surface area contributed by atoms with Crippen LogP contribution in [0, 0.1) is 6.92 Å². The number of benzene rings is 2. The van der Waals surface area contributed by atoms with Crippen LogP contribution in [0.15, 0.2) is 52.7 Å². The molecule has 8 heteroatoms. The topological polar surface area (TPSA) is 101 Å². The second kappa shape index (κ2) is 9.99. The van der Waals surface area contributed by atoms with E-state index in [2.05, 4.69) is 22.4 Å². The molecule has 0 saturated carbocycles. The number of urea groups is 1. The zero-order chi connectivity index (χ0) is 24.2. The van der Waals surface area contributed by atoms with Crippen molar-refractivity contribution in [3.8, 4) is 22.9 Å². The van der Waals surface area contributed by atoms with Gasteiger partial charge >= 0.3 is 6.03 Å². The third-order valence-corrected chi connectivity index (χ3v) is 6.08. The van der Waals surface area contributed by atoms with Crippen molar-refractivity contribution < 1.29 is 19.2 Å². The molecule has 3 aromatic rings. The molecular formula is C26H30N4O4. The van der Waals surface area contributed by atoms with Crippen molar-refractivity contribution in [2.45, 2.75) is 46.1 Å². The van der Waals surface area contributed by atoms with E-state index in [0.717, 1.165) is 36.1 Å². The Kier molecular flexibility index (Phi) is 6.86. The fourth-order valence-corrected chi connectivity index (χ4v) is 4.14. The van der Waals surface area contributed by atoms with Gasteiger partial charge in [-0.3, -0.25) is 4.90 Å². The number of methoxy groups -OCH3 is 1. The van der Waals surface area contributed by atoms with Gasteiger partial charge in [-0.2, -0.15) is 4.98 Å². The van der Waals surface area contributed by atoms with Gasteiger partial charge in [-0.25, -0.2) is 4.79 Å². The van der Waals surface area contributed by atoms with Crippen molar-refractivity contribution in [2.24, 2.45) is 0 Å². The van der Waals surface area contributed by atoms with Crippen LogP contribution in [0.4, 0.5) is 4.79 Å². The minimum Gasteiger partial charge on any atom is -0.504 e. The molecule has 1 aliphatic heterocycles. The van der Waals surface area contributed by atoms with Crippen LogP contribution >= 0.6 is 0 Å². The van der Waals surface area contributed by atoms with E-state index in [1.54, 1.807) is 23.1 Å². The Morgan fingerprint density at radius 3 is 2.59 bits per heavy atom. The molecule has 1 aromatic heterocycles. The minimum atomic E-state index is -0.571. The average Bonchev–Trinajstić information content (AvgIpc) is 3.31. The third-order valence-electron chi connectivity index (χ3n) is 6.08. The van der Waals surface area contributed by atoms with Crippen molar-refractivity contribution in [3.05, 3.63) is 65.2 Å². The van der Waals surface area contributed by atoms with Gasteiger partial charge in [-0.05, 0) is 38.0 Å². The zero-order valence-electron chi connectivity index (χ0n) is 20.0. The lowest BCUT2D eigenvalue weighted by atomic mass is 9.94. The molecule has 8 nitrogen and oxygen atoms in total. The molecule has 2 heterocycles. The molecular weight excluding hydrogens is 432 g/mol. The van der Waals surface area contributed by atoms with Crippen molar-refractivity contribution in [3.63, 3.8) is 0 Å². The number of ether oxygens (including phenoxy) is 1. The number of carbonyl (C=O) groups excluding carboxylic acids is 1. The number of hydrogen-bond donors (Lipinski definition) is 2. The van der Waals surface area contributed by atoms with Crippen LogP contribution in [0.1, 0.15) is 56.2 Å². The fraction of sp³-hybridized carbons (Fsp3) is 0.346. The lowest BCUT2D eigenvalue weighted by molar-refractivity contribution is 0.204. The Hall–Kier alpha value is -3.81. The predicted octanol–water partition coefficient (Wildman–Crippen LogP) is 5.45. The molecule has 0 saturated heterocycles. The summed E-state index contributed by atoms with van der Waals surface area (Å²) in [6.45, 7) is 6.63. The molecule has 0 bridgehead atoms. The second-order valence-corrected chi connectivity index (χ2v) is 8.46. The maximum Gasteiger partial charge on any atom is 0.322 e. The standard InChI is InChI=1S/C26H30N4O4/c1-5-6-7-14-30-17(3)22(25-28-24(29-34-25)18-10-8-16(2)9-11-18)23(27-26(30)32)19-12-13-21(33-4)20(31)15-19/h8-13,15,23,31H,5-7,14H2,1-4H3,(H,27,32). The normalized spacial score (nSPS) is 16.1. The van der Waals surface area contributed by atoms with E-state index in [4.69, 9.17) is 9.26 Å². The summed E-state index contributed by atoms with van der Waals surface area (Å²) in [6.07, 6.45) is 2.98. The van der Waals surface area contributed by atoms with Crippen LogP contribution in [-0.2, 0) is 0 Å². The van der Waals surface area contributed by atoms with Gasteiger partial charge in [-0.15, -0.1) is 0 Å². The van der Waals surface area contributed by atoms with E-state index >= 15 is 0 Å². The van der Waals surface area contributed by atoms with Crippen molar-refractivity contribution in [1.29, 1.82) is 0 Å². The summed E-state index contributed by atoms with van der Waals surface area (Å²) >= 11 is 0. The molecule has 0 radical (unpaired) electrons. The van der Waals surface area contributed by atoms with Crippen molar-refractivity contribution >= 4 is 11.6 Å². The molecule has 1 unspecified atom stereocenters.